The molecule has 1 rings (SSSR count). The standard InChI is InChI=1S/C13H21BrN2O/c1-3-6-15-7-8-16-10-11-4-5-13(17-2)12(14)9-11/h4-5,9,15-16H,3,6-8,10H2,1-2H3. The molecule has 0 amide bonds. The fourth-order valence-corrected chi connectivity index (χ4v) is 2.12. The molecule has 0 saturated carbocycles. The average Bonchev–Trinajstić information content (AvgIpc) is 2.34. The first-order chi connectivity index (χ1) is 8.27. The molecular formula is C13H21BrN2O. The first-order valence-electron chi connectivity index (χ1n) is 6.01. The van der Waals surface area contributed by atoms with Crippen LogP contribution in [0.2, 0.25) is 0 Å². The summed E-state index contributed by atoms with van der Waals surface area (Å²) in [5, 5.41) is 6.76. The van der Waals surface area contributed by atoms with Gasteiger partial charge in [0.1, 0.15) is 5.75 Å². The minimum atomic E-state index is 0.873. The quantitative estimate of drug-likeness (QED) is 0.724. The molecule has 0 aliphatic heterocycles. The van der Waals surface area contributed by atoms with Crippen molar-refractivity contribution in [3.63, 3.8) is 0 Å². The largest absolute Gasteiger partial charge is 0.496 e. The van der Waals surface area contributed by atoms with Gasteiger partial charge in [-0.15, -0.1) is 0 Å². The highest BCUT2D eigenvalue weighted by Crippen LogP contribution is 2.25. The van der Waals surface area contributed by atoms with Gasteiger partial charge in [0.15, 0.2) is 0 Å². The molecule has 0 fully saturated rings. The van der Waals surface area contributed by atoms with Crippen LogP contribution in [0.1, 0.15) is 18.9 Å². The van der Waals surface area contributed by atoms with Gasteiger partial charge in [0, 0.05) is 19.6 Å². The zero-order valence-electron chi connectivity index (χ0n) is 10.6. The topological polar surface area (TPSA) is 33.3 Å². The van der Waals surface area contributed by atoms with E-state index in [0.717, 1.165) is 36.4 Å². The molecule has 0 aromatic heterocycles. The average molecular weight is 301 g/mol. The summed E-state index contributed by atoms with van der Waals surface area (Å²) in [5.41, 5.74) is 1.26. The molecule has 0 bridgehead atoms. The van der Waals surface area contributed by atoms with Crippen molar-refractivity contribution in [2.45, 2.75) is 19.9 Å². The van der Waals surface area contributed by atoms with Crippen molar-refractivity contribution < 1.29 is 4.74 Å². The minimum Gasteiger partial charge on any atom is -0.496 e. The van der Waals surface area contributed by atoms with E-state index < -0.39 is 0 Å². The molecule has 96 valence electrons. The number of halogens is 1. The zero-order valence-corrected chi connectivity index (χ0v) is 12.1. The first kappa shape index (κ1) is 14.5. The Bertz CT molecular complexity index is 331. The van der Waals surface area contributed by atoms with E-state index in [2.05, 4.69) is 45.6 Å². The summed E-state index contributed by atoms with van der Waals surface area (Å²) in [6, 6.07) is 6.15. The smallest absolute Gasteiger partial charge is 0.133 e. The molecule has 0 spiro atoms. The third-order valence-corrected chi connectivity index (χ3v) is 3.07. The van der Waals surface area contributed by atoms with Crippen LogP contribution in [0.4, 0.5) is 0 Å². The minimum absolute atomic E-state index is 0.873. The van der Waals surface area contributed by atoms with E-state index in [-0.39, 0.29) is 0 Å². The van der Waals surface area contributed by atoms with Crippen molar-refractivity contribution in [2.24, 2.45) is 0 Å². The van der Waals surface area contributed by atoms with Gasteiger partial charge >= 0.3 is 0 Å². The lowest BCUT2D eigenvalue weighted by Crippen LogP contribution is -2.27. The Morgan fingerprint density at radius 1 is 1.18 bits per heavy atom. The summed E-state index contributed by atoms with van der Waals surface area (Å²) in [6.45, 7) is 6.16. The van der Waals surface area contributed by atoms with Crippen LogP contribution in [0.25, 0.3) is 0 Å². The highest BCUT2D eigenvalue weighted by molar-refractivity contribution is 9.10. The van der Waals surface area contributed by atoms with Gasteiger partial charge in [-0.3, -0.25) is 0 Å². The molecule has 0 radical (unpaired) electrons. The van der Waals surface area contributed by atoms with Crippen LogP contribution in [-0.2, 0) is 6.54 Å². The molecule has 1 aromatic carbocycles. The van der Waals surface area contributed by atoms with E-state index in [9.17, 15) is 0 Å². The normalized spacial score (nSPS) is 10.5. The number of benzene rings is 1. The fourth-order valence-electron chi connectivity index (χ4n) is 1.53. The number of hydrogen-bond acceptors (Lipinski definition) is 3. The first-order valence-corrected chi connectivity index (χ1v) is 6.81. The third-order valence-electron chi connectivity index (χ3n) is 2.45. The summed E-state index contributed by atoms with van der Waals surface area (Å²) in [6.07, 6.45) is 1.19. The van der Waals surface area contributed by atoms with Crippen LogP contribution in [0.5, 0.6) is 5.75 Å². The zero-order chi connectivity index (χ0) is 12.5. The Hall–Kier alpha value is -0.580. The predicted molar refractivity (Wildman–Crippen MR) is 75.6 cm³/mol. The van der Waals surface area contributed by atoms with E-state index in [1.165, 1.54) is 12.0 Å². The van der Waals surface area contributed by atoms with Gasteiger partial charge in [0.2, 0.25) is 0 Å². The van der Waals surface area contributed by atoms with E-state index in [1.54, 1.807) is 7.11 Å². The second kappa shape index (κ2) is 8.50. The highest BCUT2D eigenvalue weighted by atomic mass is 79.9. The van der Waals surface area contributed by atoms with Crippen LogP contribution >= 0.6 is 15.9 Å². The Kier molecular flexibility index (Phi) is 7.24. The third kappa shape index (κ3) is 5.52. The van der Waals surface area contributed by atoms with E-state index in [1.807, 2.05) is 6.07 Å². The van der Waals surface area contributed by atoms with Crippen molar-refractivity contribution in [3.05, 3.63) is 28.2 Å². The molecule has 0 aliphatic rings. The number of methoxy groups -OCH3 is 1. The van der Waals surface area contributed by atoms with Gasteiger partial charge in [-0.1, -0.05) is 13.0 Å². The Morgan fingerprint density at radius 2 is 1.94 bits per heavy atom. The number of ether oxygens (including phenoxy) is 1. The van der Waals surface area contributed by atoms with Crippen molar-refractivity contribution in [2.75, 3.05) is 26.7 Å². The van der Waals surface area contributed by atoms with E-state index in [0.29, 0.717) is 0 Å². The fraction of sp³-hybridized carbons (Fsp3) is 0.538. The lowest BCUT2D eigenvalue weighted by Gasteiger charge is -2.08. The summed E-state index contributed by atoms with van der Waals surface area (Å²) < 4.78 is 6.20. The maximum Gasteiger partial charge on any atom is 0.133 e. The van der Waals surface area contributed by atoms with Crippen molar-refractivity contribution >= 4 is 15.9 Å². The maximum atomic E-state index is 5.19. The SMILES string of the molecule is CCCNCCNCc1ccc(OC)c(Br)c1. The van der Waals surface area contributed by atoms with Crippen molar-refractivity contribution in [1.82, 2.24) is 10.6 Å². The van der Waals surface area contributed by atoms with Crippen LogP contribution in [0, 0.1) is 0 Å². The van der Waals surface area contributed by atoms with Gasteiger partial charge in [0.25, 0.3) is 0 Å². The highest BCUT2D eigenvalue weighted by Gasteiger charge is 2.00. The summed E-state index contributed by atoms with van der Waals surface area (Å²) in [4.78, 5) is 0. The summed E-state index contributed by atoms with van der Waals surface area (Å²) >= 11 is 3.49. The second-order valence-corrected chi connectivity index (χ2v) is 4.75. The van der Waals surface area contributed by atoms with Crippen molar-refractivity contribution in [1.29, 1.82) is 0 Å². The molecule has 3 nitrogen and oxygen atoms in total. The van der Waals surface area contributed by atoms with Crippen LogP contribution in [0.3, 0.4) is 0 Å². The molecular weight excluding hydrogens is 280 g/mol. The lowest BCUT2D eigenvalue weighted by molar-refractivity contribution is 0.412. The predicted octanol–water partition coefficient (Wildman–Crippen LogP) is 2.55. The van der Waals surface area contributed by atoms with E-state index >= 15 is 0 Å². The molecule has 0 aliphatic carbocycles. The second-order valence-electron chi connectivity index (χ2n) is 3.90. The van der Waals surface area contributed by atoms with Crippen LogP contribution in [-0.4, -0.2) is 26.7 Å². The molecule has 0 unspecified atom stereocenters. The van der Waals surface area contributed by atoms with E-state index in [4.69, 9.17) is 4.74 Å². The lowest BCUT2D eigenvalue weighted by atomic mass is 10.2. The molecule has 0 heterocycles. The monoisotopic (exact) mass is 300 g/mol. The van der Waals surface area contributed by atoms with Gasteiger partial charge < -0.3 is 15.4 Å². The maximum absolute atomic E-state index is 5.19. The van der Waals surface area contributed by atoms with Crippen LogP contribution in [0.15, 0.2) is 22.7 Å². The summed E-state index contributed by atoms with van der Waals surface area (Å²) in [5.74, 6) is 0.873. The Morgan fingerprint density at radius 3 is 2.59 bits per heavy atom. The molecule has 0 saturated heterocycles. The Labute approximate surface area is 112 Å². The molecule has 17 heavy (non-hydrogen) atoms. The molecule has 0 atom stereocenters. The molecule has 4 heteroatoms. The van der Waals surface area contributed by atoms with Crippen molar-refractivity contribution in [3.8, 4) is 5.75 Å². The van der Waals surface area contributed by atoms with Crippen LogP contribution < -0.4 is 15.4 Å². The molecule has 2 N–H and O–H groups in total. The molecule has 1 aromatic rings. The summed E-state index contributed by atoms with van der Waals surface area (Å²) in [7, 11) is 1.68. The van der Waals surface area contributed by atoms with Gasteiger partial charge in [-0.05, 0) is 46.6 Å². The Balaban J connectivity index is 2.25. The number of rotatable bonds is 8. The van der Waals surface area contributed by atoms with Gasteiger partial charge in [-0.25, -0.2) is 0 Å². The van der Waals surface area contributed by atoms with Gasteiger partial charge in [0.05, 0.1) is 11.6 Å². The number of nitrogens with one attached hydrogen (secondary N) is 2. The van der Waals surface area contributed by atoms with Gasteiger partial charge in [-0.2, -0.15) is 0 Å². The number of hydrogen-bond donors (Lipinski definition) is 2.